The number of thiophene rings is 1. The van der Waals surface area contributed by atoms with Gasteiger partial charge in [-0.1, -0.05) is 50.2 Å². The summed E-state index contributed by atoms with van der Waals surface area (Å²) < 4.78 is 8.88. The van der Waals surface area contributed by atoms with Gasteiger partial charge in [0.05, 0.1) is 12.2 Å². The Balaban J connectivity index is 1.29. The average molecular weight is 513 g/mol. The summed E-state index contributed by atoms with van der Waals surface area (Å²) in [7, 11) is 0. The molecule has 7 heteroatoms. The summed E-state index contributed by atoms with van der Waals surface area (Å²) in [5, 5.41) is 14.5. The molecule has 5 aromatic rings. The number of amides is 1. The fourth-order valence-corrected chi connectivity index (χ4v) is 5.48. The minimum atomic E-state index is -0.965. The molecule has 2 N–H and O–H groups in total. The van der Waals surface area contributed by atoms with E-state index in [1.165, 1.54) is 15.6 Å². The van der Waals surface area contributed by atoms with Gasteiger partial charge in [-0.3, -0.25) is 4.79 Å². The highest BCUT2D eigenvalue weighted by molar-refractivity contribution is 7.22. The van der Waals surface area contributed by atoms with Crippen LogP contribution in [0.25, 0.3) is 31.4 Å². The maximum absolute atomic E-state index is 12.3. The molecule has 0 bridgehead atoms. The smallest absolute Gasteiger partial charge is 0.335 e. The second-order valence-electron chi connectivity index (χ2n) is 9.30. The summed E-state index contributed by atoms with van der Waals surface area (Å²) in [4.78, 5) is 25.1. The molecule has 1 amide bonds. The maximum Gasteiger partial charge on any atom is 0.335 e. The van der Waals surface area contributed by atoms with Gasteiger partial charge in [0, 0.05) is 44.5 Å². The van der Waals surface area contributed by atoms with Crippen molar-refractivity contribution in [2.45, 2.75) is 26.3 Å². The number of aromatic nitrogens is 1. The number of benzene rings is 3. The quantitative estimate of drug-likeness (QED) is 0.208. The number of ether oxygens (including phenoxy) is 1. The van der Waals surface area contributed by atoms with Gasteiger partial charge in [0.15, 0.2) is 0 Å². The zero-order valence-corrected chi connectivity index (χ0v) is 21.5. The molecule has 2 aromatic heterocycles. The van der Waals surface area contributed by atoms with Gasteiger partial charge in [0.25, 0.3) is 0 Å². The first kappa shape index (κ1) is 24.7. The second-order valence-corrected chi connectivity index (χ2v) is 10.4. The molecule has 37 heavy (non-hydrogen) atoms. The Morgan fingerprint density at radius 2 is 1.81 bits per heavy atom. The van der Waals surface area contributed by atoms with Crippen LogP contribution < -0.4 is 5.32 Å². The number of carbonyl (C=O) groups excluding carboxylic acids is 1. The first-order valence-electron chi connectivity index (χ1n) is 12.2. The second kappa shape index (κ2) is 10.6. The molecule has 0 aliphatic rings. The number of carbonyl (C=O) groups is 2. The van der Waals surface area contributed by atoms with E-state index in [1.54, 1.807) is 23.5 Å². The van der Waals surface area contributed by atoms with Crippen LogP contribution in [0.1, 0.15) is 35.7 Å². The van der Waals surface area contributed by atoms with E-state index in [2.05, 4.69) is 37.4 Å². The summed E-state index contributed by atoms with van der Waals surface area (Å²) >= 11 is 1.71. The third kappa shape index (κ3) is 5.43. The highest BCUT2D eigenvalue weighted by atomic mass is 32.1. The molecule has 0 spiro atoms. The van der Waals surface area contributed by atoms with Crippen molar-refractivity contribution in [1.82, 2.24) is 4.57 Å². The summed E-state index contributed by atoms with van der Waals surface area (Å²) in [6, 6.07) is 23.4. The number of carboxylic acids is 1. The molecule has 0 aliphatic heterocycles. The van der Waals surface area contributed by atoms with Crippen LogP contribution in [0.2, 0.25) is 0 Å². The molecule has 0 radical (unpaired) electrons. The fourth-order valence-electron chi connectivity index (χ4n) is 4.40. The Kier molecular flexibility index (Phi) is 7.08. The van der Waals surface area contributed by atoms with Gasteiger partial charge in [-0.05, 0) is 53.3 Å². The van der Waals surface area contributed by atoms with Gasteiger partial charge in [0.2, 0.25) is 5.91 Å². The molecule has 0 atom stereocenters. The molecule has 0 saturated heterocycles. The summed E-state index contributed by atoms with van der Waals surface area (Å²) in [5.74, 6) is -0.745. The lowest BCUT2D eigenvalue weighted by atomic mass is 10.0. The fraction of sp³-hybridized carbons (Fsp3) is 0.200. The highest BCUT2D eigenvalue weighted by Crippen LogP contribution is 2.38. The molecule has 5 rings (SSSR count). The number of hydrogen-bond acceptors (Lipinski definition) is 4. The number of rotatable bonds is 9. The molecule has 0 aliphatic carbocycles. The molecular formula is C30H28N2O4S. The SMILES string of the molecule is CC(C)c1ccc(NC(=O)COCCn2cc(-c3cc4ccccc4s3)c3ccc(C(=O)O)cc32)cc1. The number of nitrogens with zero attached hydrogens (tertiary/aromatic N) is 1. The lowest BCUT2D eigenvalue weighted by molar-refractivity contribution is -0.120. The van der Waals surface area contributed by atoms with E-state index < -0.39 is 5.97 Å². The standard InChI is InChI=1S/C30H28N2O4S/c1-19(2)20-7-10-23(11-8-20)31-29(33)18-36-14-13-32-17-25(24-12-9-22(30(34)35)15-26(24)32)28-16-21-5-3-4-6-27(21)37-28/h3-12,15-17,19H,13-14,18H2,1-2H3,(H,31,33)(H,34,35). The monoisotopic (exact) mass is 512 g/mol. The van der Waals surface area contributed by atoms with Gasteiger partial charge < -0.3 is 19.7 Å². The number of aromatic carboxylic acids is 1. The first-order chi connectivity index (χ1) is 17.9. The topological polar surface area (TPSA) is 80.6 Å². The van der Waals surface area contributed by atoms with E-state index in [9.17, 15) is 14.7 Å². The van der Waals surface area contributed by atoms with Crippen molar-refractivity contribution in [3.63, 3.8) is 0 Å². The van der Waals surface area contributed by atoms with Crippen LogP contribution in [-0.2, 0) is 16.1 Å². The van der Waals surface area contributed by atoms with Gasteiger partial charge >= 0.3 is 5.97 Å². The van der Waals surface area contributed by atoms with E-state index in [4.69, 9.17) is 4.74 Å². The van der Waals surface area contributed by atoms with Gasteiger partial charge in [-0.25, -0.2) is 4.79 Å². The normalized spacial score (nSPS) is 11.4. The van der Waals surface area contributed by atoms with Crippen molar-refractivity contribution in [3.05, 3.63) is 90.1 Å². The van der Waals surface area contributed by atoms with Crippen LogP contribution in [-0.4, -0.2) is 34.8 Å². The predicted molar refractivity (Wildman–Crippen MR) is 150 cm³/mol. The van der Waals surface area contributed by atoms with Crippen LogP contribution in [0.3, 0.4) is 0 Å². The molecule has 0 fully saturated rings. The van der Waals surface area contributed by atoms with Crippen molar-refractivity contribution in [2.75, 3.05) is 18.5 Å². The lowest BCUT2D eigenvalue weighted by Crippen LogP contribution is -2.19. The molecule has 2 heterocycles. The summed E-state index contributed by atoms with van der Waals surface area (Å²) in [5.41, 5.74) is 4.07. The predicted octanol–water partition coefficient (Wildman–Crippen LogP) is 7.00. The average Bonchev–Trinajstić information content (AvgIpc) is 3.48. The molecule has 0 saturated carbocycles. The summed E-state index contributed by atoms with van der Waals surface area (Å²) in [6.45, 7) is 4.99. The maximum atomic E-state index is 12.3. The van der Waals surface area contributed by atoms with Crippen LogP contribution in [0, 0.1) is 0 Å². The summed E-state index contributed by atoms with van der Waals surface area (Å²) in [6.07, 6.45) is 2.04. The van der Waals surface area contributed by atoms with Gasteiger partial charge in [0.1, 0.15) is 6.61 Å². The Morgan fingerprint density at radius 1 is 1.03 bits per heavy atom. The third-order valence-electron chi connectivity index (χ3n) is 6.39. The Morgan fingerprint density at radius 3 is 2.54 bits per heavy atom. The van der Waals surface area contributed by atoms with Crippen LogP contribution >= 0.6 is 11.3 Å². The molecule has 0 unspecified atom stereocenters. The van der Waals surface area contributed by atoms with Gasteiger partial charge in [-0.2, -0.15) is 0 Å². The molecule has 3 aromatic carbocycles. The van der Waals surface area contributed by atoms with E-state index in [1.807, 2.05) is 53.2 Å². The minimum absolute atomic E-state index is 0.0608. The molecule has 6 nitrogen and oxygen atoms in total. The number of hydrogen-bond donors (Lipinski definition) is 2. The third-order valence-corrected chi connectivity index (χ3v) is 7.54. The van der Waals surface area contributed by atoms with Crippen LogP contribution in [0.4, 0.5) is 5.69 Å². The van der Waals surface area contributed by atoms with Crippen LogP contribution in [0.5, 0.6) is 0 Å². The minimum Gasteiger partial charge on any atom is -0.478 e. The van der Waals surface area contributed by atoms with Crippen molar-refractivity contribution in [1.29, 1.82) is 0 Å². The Bertz CT molecular complexity index is 1550. The molecule has 188 valence electrons. The number of fused-ring (bicyclic) bond motifs is 2. The Labute approximate surface area is 219 Å². The van der Waals surface area contributed by atoms with E-state index >= 15 is 0 Å². The molecular weight excluding hydrogens is 484 g/mol. The zero-order valence-electron chi connectivity index (χ0n) is 20.7. The number of carboxylic acid groups (broad SMARTS) is 1. The van der Waals surface area contributed by atoms with Crippen molar-refractivity contribution < 1.29 is 19.4 Å². The van der Waals surface area contributed by atoms with E-state index in [0.717, 1.165) is 27.0 Å². The number of nitrogens with one attached hydrogen (secondary N) is 1. The van der Waals surface area contributed by atoms with E-state index in [0.29, 0.717) is 19.1 Å². The van der Waals surface area contributed by atoms with Crippen molar-refractivity contribution in [3.8, 4) is 10.4 Å². The van der Waals surface area contributed by atoms with Crippen LogP contribution in [0.15, 0.2) is 79.0 Å². The lowest BCUT2D eigenvalue weighted by Gasteiger charge is -2.10. The van der Waals surface area contributed by atoms with Gasteiger partial charge in [-0.15, -0.1) is 11.3 Å². The zero-order chi connectivity index (χ0) is 25.9. The Hall–Kier alpha value is -3.94. The number of anilines is 1. The van der Waals surface area contributed by atoms with Crippen molar-refractivity contribution >= 4 is 49.9 Å². The van der Waals surface area contributed by atoms with E-state index in [-0.39, 0.29) is 18.1 Å². The first-order valence-corrected chi connectivity index (χ1v) is 13.0. The van der Waals surface area contributed by atoms with Crippen molar-refractivity contribution in [2.24, 2.45) is 0 Å². The highest BCUT2D eigenvalue weighted by Gasteiger charge is 2.15. The largest absolute Gasteiger partial charge is 0.478 e.